The molecule has 2 aromatic heterocycles. The van der Waals surface area contributed by atoms with E-state index in [2.05, 4.69) is 15.0 Å². The van der Waals surface area contributed by atoms with E-state index in [1.54, 1.807) is 16.2 Å². The van der Waals surface area contributed by atoms with Crippen LogP contribution in [-0.4, -0.2) is 57.9 Å². The van der Waals surface area contributed by atoms with Crippen molar-refractivity contribution in [1.82, 2.24) is 19.5 Å². The molecule has 0 aliphatic carbocycles. The van der Waals surface area contributed by atoms with E-state index in [9.17, 15) is 4.79 Å². The Morgan fingerprint density at radius 1 is 1.48 bits per heavy atom. The van der Waals surface area contributed by atoms with Gasteiger partial charge in [0.2, 0.25) is 10.1 Å². The van der Waals surface area contributed by atoms with Gasteiger partial charge in [0.25, 0.3) is 0 Å². The summed E-state index contributed by atoms with van der Waals surface area (Å²) in [6.45, 7) is 10.3. The number of amides is 1. The smallest absolute Gasteiger partial charge is 0.410 e. The van der Waals surface area contributed by atoms with Crippen LogP contribution in [0.25, 0.3) is 4.96 Å². The van der Waals surface area contributed by atoms with Crippen LogP contribution in [0.2, 0.25) is 0 Å². The Morgan fingerprint density at radius 3 is 2.92 bits per heavy atom. The number of aryl methyl sites for hydroxylation is 1. The van der Waals surface area contributed by atoms with Gasteiger partial charge in [-0.1, -0.05) is 11.3 Å². The molecule has 0 radical (unpaired) electrons. The highest BCUT2D eigenvalue weighted by molar-refractivity contribution is 7.20. The highest BCUT2D eigenvalue weighted by Gasteiger charge is 2.27. The third-order valence-corrected chi connectivity index (χ3v) is 5.16. The molecule has 0 N–H and O–H groups in total. The number of fused-ring (bicyclic) bond motifs is 1. The summed E-state index contributed by atoms with van der Waals surface area (Å²) in [5, 5.41) is 5.65. The minimum atomic E-state index is -0.461. The molecular formula is C17H27N5O2S. The molecule has 0 bridgehead atoms. The van der Waals surface area contributed by atoms with Gasteiger partial charge in [0.15, 0.2) is 0 Å². The van der Waals surface area contributed by atoms with Crippen LogP contribution in [0.4, 0.5) is 9.93 Å². The average molecular weight is 366 g/mol. The van der Waals surface area contributed by atoms with Gasteiger partial charge in [0.05, 0.1) is 11.9 Å². The van der Waals surface area contributed by atoms with Gasteiger partial charge in [-0.15, -0.1) is 5.10 Å². The number of rotatable bonds is 3. The van der Waals surface area contributed by atoms with Gasteiger partial charge in [-0.2, -0.15) is 0 Å². The number of nitrogens with zero attached hydrogens (tertiary/aromatic N) is 5. The standard InChI is InChI=1S/C17H27N5O2S/c1-12-9-22-14(18-12)25-15(19-22)21-8-6-7-13(11-21)10-20(5)16(23)24-17(2,3)4/h9,13H,6-8,10-11H2,1-5H3/t13-/m0/s1. The first-order valence-corrected chi connectivity index (χ1v) is 9.55. The summed E-state index contributed by atoms with van der Waals surface area (Å²) in [7, 11) is 1.81. The van der Waals surface area contributed by atoms with Crippen molar-refractivity contribution < 1.29 is 9.53 Å². The summed E-state index contributed by atoms with van der Waals surface area (Å²) in [5.41, 5.74) is 0.526. The molecule has 2 aromatic rings. The zero-order valence-electron chi connectivity index (χ0n) is 15.7. The zero-order chi connectivity index (χ0) is 18.2. The van der Waals surface area contributed by atoms with Crippen LogP contribution in [0, 0.1) is 12.8 Å². The maximum Gasteiger partial charge on any atom is 0.410 e. The van der Waals surface area contributed by atoms with Crippen molar-refractivity contribution in [3.63, 3.8) is 0 Å². The molecule has 138 valence electrons. The maximum absolute atomic E-state index is 12.2. The lowest BCUT2D eigenvalue weighted by atomic mass is 9.98. The number of carbonyl (C=O) groups is 1. The first-order valence-electron chi connectivity index (χ1n) is 8.73. The van der Waals surface area contributed by atoms with Crippen LogP contribution in [-0.2, 0) is 4.74 Å². The van der Waals surface area contributed by atoms with Crippen molar-refractivity contribution in [2.75, 3.05) is 31.6 Å². The molecule has 25 heavy (non-hydrogen) atoms. The molecule has 8 heteroatoms. The van der Waals surface area contributed by atoms with Crippen LogP contribution in [0.1, 0.15) is 39.3 Å². The van der Waals surface area contributed by atoms with E-state index in [0.717, 1.165) is 41.7 Å². The van der Waals surface area contributed by atoms with E-state index in [-0.39, 0.29) is 6.09 Å². The lowest BCUT2D eigenvalue weighted by Crippen LogP contribution is -2.43. The third-order valence-electron chi connectivity index (χ3n) is 4.18. The Morgan fingerprint density at radius 2 is 2.24 bits per heavy atom. The van der Waals surface area contributed by atoms with Gasteiger partial charge in [-0.3, -0.25) is 0 Å². The fourth-order valence-electron chi connectivity index (χ4n) is 3.12. The lowest BCUT2D eigenvalue weighted by molar-refractivity contribution is 0.0269. The second-order valence-corrected chi connectivity index (χ2v) is 8.74. The Bertz CT molecular complexity index is 716. The summed E-state index contributed by atoms with van der Waals surface area (Å²) in [6.07, 6.45) is 3.92. The van der Waals surface area contributed by atoms with Crippen molar-refractivity contribution in [2.45, 2.75) is 46.1 Å². The molecule has 1 aliphatic heterocycles. The molecular weight excluding hydrogens is 338 g/mol. The number of imidazole rings is 1. The zero-order valence-corrected chi connectivity index (χ0v) is 16.5. The molecule has 1 aliphatic rings. The third kappa shape index (κ3) is 4.42. The van der Waals surface area contributed by atoms with E-state index in [0.29, 0.717) is 12.5 Å². The number of hydrogen-bond donors (Lipinski definition) is 0. The predicted molar refractivity (Wildman–Crippen MR) is 99.4 cm³/mol. The maximum atomic E-state index is 12.2. The van der Waals surface area contributed by atoms with Gasteiger partial charge in [0, 0.05) is 26.7 Å². The Hall–Kier alpha value is -1.83. The van der Waals surface area contributed by atoms with Gasteiger partial charge in [-0.05, 0) is 46.5 Å². The topological polar surface area (TPSA) is 63.0 Å². The first-order chi connectivity index (χ1) is 11.7. The minimum Gasteiger partial charge on any atom is -0.444 e. The molecule has 0 saturated carbocycles. The molecule has 0 unspecified atom stereocenters. The molecule has 0 spiro atoms. The molecule has 1 amide bonds. The average Bonchev–Trinajstić information content (AvgIpc) is 3.03. The Labute approximate surface area is 152 Å². The number of piperidine rings is 1. The molecule has 3 heterocycles. The van der Waals surface area contributed by atoms with E-state index in [1.807, 2.05) is 45.5 Å². The normalized spacial score (nSPS) is 18.6. The SMILES string of the molecule is Cc1cn2nc(N3CCC[C@@H](CN(C)C(=O)OC(C)(C)C)C3)sc2n1. The van der Waals surface area contributed by atoms with Crippen LogP contribution < -0.4 is 4.90 Å². The van der Waals surface area contributed by atoms with E-state index >= 15 is 0 Å². The van der Waals surface area contributed by atoms with Gasteiger partial charge in [0.1, 0.15) is 5.60 Å². The highest BCUT2D eigenvalue weighted by Crippen LogP contribution is 2.28. The number of aromatic nitrogens is 3. The molecule has 1 atom stereocenters. The molecule has 1 saturated heterocycles. The summed E-state index contributed by atoms with van der Waals surface area (Å²) in [4.78, 5) is 21.6. The van der Waals surface area contributed by atoms with Gasteiger partial charge in [-0.25, -0.2) is 14.3 Å². The largest absolute Gasteiger partial charge is 0.444 e. The highest BCUT2D eigenvalue weighted by atomic mass is 32.1. The van der Waals surface area contributed by atoms with Crippen molar-refractivity contribution in [2.24, 2.45) is 5.92 Å². The van der Waals surface area contributed by atoms with Crippen molar-refractivity contribution in [3.8, 4) is 0 Å². The van der Waals surface area contributed by atoms with Crippen LogP contribution in [0.5, 0.6) is 0 Å². The summed E-state index contributed by atoms with van der Waals surface area (Å²) in [5.74, 6) is 0.421. The van der Waals surface area contributed by atoms with Gasteiger partial charge >= 0.3 is 6.09 Å². The first kappa shape index (κ1) is 18.0. The van der Waals surface area contributed by atoms with E-state index < -0.39 is 5.60 Å². The second-order valence-electron chi connectivity index (χ2n) is 7.81. The Balaban J connectivity index is 1.60. The van der Waals surface area contributed by atoms with Crippen LogP contribution >= 0.6 is 11.3 Å². The summed E-state index contributed by atoms with van der Waals surface area (Å²) < 4.78 is 7.30. The van der Waals surface area contributed by atoms with E-state index in [1.165, 1.54) is 0 Å². The number of anilines is 1. The fraction of sp³-hybridized carbons (Fsp3) is 0.706. The van der Waals surface area contributed by atoms with Crippen LogP contribution in [0.15, 0.2) is 6.20 Å². The minimum absolute atomic E-state index is 0.257. The second kappa shape index (κ2) is 6.82. The lowest BCUT2D eigenvalue weighted by Gasteiger charge is -2.34. The van der Waals surface area contributed by atoms with Crippen molar-refractivity contribution in [3.05, 3.63) is 11.9 Å². The number of hydrogen-bond acceptors (Lipinski definition) is 6. The molecule has 7 nitrogen and oxygen atoms in total. The van der Waals surface area contributed by atoms with Gasteiger partial charge < -0.3 is 14.5 Å². The quantitative estimate of drug-likeness (QED) is 0.836. The fourth-order valence-corrected chi connectivity index (χ4v) is 4.08. The van der Waals surface area contributed by atoms with Crippen molar-refractivity contribution >= 4 is 27.5 Å². The predicted octanol–water partition coefficient (Wildman–Crippen LogP) is 3.18. The number of ether oxygens (including phenoxy) is 1. The van der Waals surface area contributed by atoms with Crippen molar-refractivity contribution in [1.29, 1.82) is 0 Å². The molecule has 0 aromatic carbocycles. The summed E-state index contributed by atoms with van der Waals surface area (Å²) >= 11 is 1.62. The Kier molecular flexibility index (Phi) is 4.90. The number of carbonyl (C=O) groups excluding carboxylic acids is 1. The van der Waals surface area contributed by atoms with E-state index in [4.69, 9.17) is 4.74 Å². The monoisotopic (exact) mass is 365 g/mol. The van der Waals surface area contributed by atoms with Crippen LogP contribution in [0.3, 0.4) is 0 Å². The molecule has 1 fully saturated rings. The summed E-state index contributed by atoms with van der Waals surface area (Å²) in [6, 6.07) is 0. The molecule has 3 rings (SSSR count).